The molecule has 2 N–H and O–H groups in total. The van der Waals surface area contributed by atoms with Crippen molar-refractivity contribution < 1.29 is 14.7 Å². The number of carbonyl (C=O) groups excluding carboxylic acids is 2. The highest BCUT2D eigenvalue weighted by molar-refractivity contribution is 6.30. The number of benzene rings is 2. The maximum Gasteiger partial charge on any atom is 0.243 e. The Hall–Kier alpha value is -2.88. The first-order valence-electron chi connectivity index (χ1n) is 8.95. The van der Waals surface area contributed by atoms with Gasteiger partial charge in [-0.1, -0.05) is 35.9 Å². The summed E-state index contributed by atoms with van der Waals surface area (Å²) in [5.74, 6) is -0.552. The van der Waals surface area contributed by atoms with E-state index in [-0.39, 0.29) is 31.2 Å². The van der Waals surface area contributed by atoms with Crippen LogP contribution in [0.15, 0.2) is 48.5 Å². The molecule has 7 heteroatoms. The van der Waals surface area contributed by atoms with Crippen molar-refractivity contribution >= 4 is 23.4 Å². The van der Waals surface area contributed by atoms with Crippen LogP contribution in [0.5, 0.6) is 0 Å². The number of aliphatic hydroxyl groups is 1. The van der Waals surface area contributed by atoms with Gasteiger partial charge in [0.05, 0.1) is 24.2 Å². The molecule has 0 aromatic heterocycles. The minimum atomic E-state index is -0.735. The van der Waals surface area contributed by atoms with Crippen molar-refractivity contribution in [3.63, 3.8) is 0 Å². The van der Waals surface area contributed by atoms with Crippen molar-refractivity contribution in [2.24, 2.45) is 0 Å². The Labute approximate surface area is 168 Å². The zero-order valence-corrected chi connectivity index (χ0v) is 15.9. The van der Waals surface area contributed by atoms with Gasteiger partial charge >= 0.3 is 0 Å². The third kappa shape index (κ3) is 4.89. The van der Waals surface area contributed by atoms with Crippen LogP contribution in [0.3, 0.4) is 0 Å². The summed E-state index contributed by atoms with van der Waals surface area (Å²) in [6.45, 7) is 0.435. The van der Waals surface area contributed by atoms with E-state index in [4.69, 9.17) is 16.9 Å². The van der Waals surface area contributed by atoms with Crippen molar-refractivity contribution in [3.8, 4) is 6.07 Å². The molecule has 1 aliphatic heterocycles. The van der Waals surface area contributed by atoms with Crippen molar-refractivity contribution in [2.45, 2.75) is 31.5 Å². The van der Waals surface area contributed by atoms with Crippen LogP contribution in [0, 0.1) is 11.3 Å². The van der Waals surface area contributed by atoms with Gasteiger partial charge in [0.15, 0.2) is 0 Å². The summed E-state index contributed by atoms with van der Waals surface area (Å²) >= 11 is 5.86. The minimum absolute atomic E-state index is 0.0726. The minimum Gasteiger partial charge on any atom is -0.391 e. The van der Waals surface area contributed by atoms with E-state index in [0.717, 1.165) is 5.56 Å². The fourth-order valence-corrected chi connectivity index (χ4v) is 3.40. The van der Waals surface area contributed by atoms with Gasteiger partial charge in [0.2, 0.25) is 11.8 Å². The van der Waals surface area contributed by atoms with Crippen LogP contribution in [-0.4, -0.2) is 40.5 Å². The SMILES string of the molecule is N#Cc1cccc(CC(=O)N2CC(O)CC2C(=O)NCc2ccc(Cl)cc2)c1. The summed E-state index contributed by atoms with van der Waals surface area (Å²) in [7, 11) is 0. The van der Waals surface area contributed by atoms with Crippen LogP contribution < -0.4 is 5.32 Å². The van der Waals surface area contributed by atoms with Gasteiger partial charge < -0.3 is 15.3 Å². The molecule has 2 aromatic carbocycles. The zero-order valence-electron chi connectivity index (χ0n) is 15.1. The Morgan fingerprint density at radius 2 is 1.96 bits per heavy atom. The standard InChI is InChI=1S/C21H20ClN3O3/c22-17-6-4-14(5-7-17)12-24-21(28)19-10-18(26)13-25(19)20(27)9-15-2-1-3-16(8-15)11-23/h1-8,18-19,26H,9-10,12-13H2,(H,24,28). The molecule has 2 unspecified atom stereocenters. The van der Waals surface area contributed by atoms with Crippen LogP contribution in [0.25, 0.3) is 0 Å². The molecular formula is C21H20ClN3O3. The molecule has 1 saturated heterocycles. The van der Waals surface area contributed by atoms with E-state index in [2.05, 4.69) is 5.32 Å². The lowest BCUT2D eigenvalue weighted by Gasteiger charge is -2.24. The second kappa shape index (κ2) is 8.87. The van der Waals surface area contributed by atoms with Crippen molar-refractivity contribution in [3.05, 3.63) is 70.2 Å². The van der Waals surface area contributed by atoms with Crippen LogP contribution in [0.1, 0.15) is 23.1 Å². The quantitative estimate of drug-likeness (QED) is 0.807. The first kappa shape index (κ1) is 19.9. The molecule has 3 rings (SSSR count). The van der Waals surface area contributed by atoms with Gasteiger partial charge in [-0.05, 0) is 35.4 Å². The summed E-state index contributed by atoms with van der Waals surface area (Å²) in [4.78, 5) is 26.8. The predicted octanol–water partition coefficient (Wildman–Crippen LogP) is 2.03. The second-order valence-electron chi connectivity index (χ2n) is 6.78. The van der Waals surface area contributed by atoms with Crippen LogP contribution >= 0.6 is 11.6 Å². The number of halogens is 1. The number of carbonyl (C=O) groups is 2. The Kier molecular flexibility index (Phi) is 6.30. The maximum atomic E-state index is 12.7. The third-order valence-electron chi connectivity index (χ3n) is 4.69. The summed E-state index contributed by atoms with van der Waals surface area (Å²) < 4.78 is 0. The summed E-state index contributed by atoms with van der Waals surface area (Å²) in [6.07, 6.45) is -0.458. The monoisotopic (exact) mass is 397 g/mol. The van der Waals surface area contributed by atoms with Gasteiger partial charge in [-0.15, -0.1) is 0 Å². The molecule has 1 heterocycles. The summed E-state index contributed by atoms with van der Waals surface area (Å²) in [5, 5.41) is 22.4. The number of nitrogens with zero attached hydrogens (tertiary/aromatic N) is 2. The van der Waals surface area contributed by atoms with Gasteiger partial charge in [-0.25, -0.2) is 0 Å². The highest BCUT2D eigenvalue weighted by Crippen LogP contribution is 2.20. The predicted molar refractivity (Wildman–Crippen MR) is 104 cm³/mol. The van der Waals surface area contributed by atoms with E-state index < -0.39 is 12.1 Å². The van der Waals surface area contributed by atoms with Crippen molar-refractivity contribution in [1.82, 2.24) is 10.2 Å². The molecule has 28 heavy (non-hydrogen) atoms. The third-order valence-corrected chi connectivity index (χ3v) is 4.95. The lowest BCUT2D eigenvalue weighted by atomic mass is 10.1. The van der Waals surface area contributed by atoms with Gasteiger partial charge in [0, 0.05) is 24.5 Å². The van der Waals surface area contributed by atoms with E-state index in [9.17, 15) is 14.7 Å². The van der Waals surface area contributed by atoms with Gasteiger partial charge in [0.25, 0.3) is 0 Å². The average Bonchev–Trinajstić information content (AvgIpc) is 3.09. The number of aliphatic hydroxyl groups excluding tert-OH is 1. The maximum absolute atomic E-state index is 12.7. The number of rotatable bonds is 5. The first-order valence-corrected chi connectivity index (χ1v) is 9.33. The molecule has 2 amide bonds. The van der Waals surface area contributed by atoms with E-state index >= 15 is 0 Å². The van der Waals surface area contributed by atoms with Gasteiger partial charge in [0.1, 0.15) is 6.04 Å². The summed E-state index contributed by atoms with van der Waals surface area (Å²) in [5.41, 5.74) is 2.07. The fraction of sp³-hybridized carbons (Fsp3) is 0.286. The lowest BCUT2D eigenvalue weighted by molar-refractivity contribution is -0.138. The molecule has 1 aliphatic rings. The molecule has 2 atom stereocenters. The van der Waals surface area contributed by atoms with Crippen molar-refractivity contribution in [2.75, 3.05) is 6.54 Å². The lowest BCUT2D eigenvalue weighted by Crippen LogP contribution is -2.46. The molecule has 144 valence electrons. The Bertz CT molecular complexity index is 908. The number of hydrogen-bond donors (Lipinski definition) is 2. The number of nitriles is 1. The van der Waals surface area contributed by atoms with Crippen molar-refractivity contribution in [1.29, 1.82) is 5.26 Å². The molecule has 0 saturated carbocycles. The highest BCUT2D eigenvalue weighted by atomic mass is 35.5. The van der Waals surface area contributed by atoms with E-state index in [1.54, 1.807) is 36.4 Å². The van der Waals surface area contributed by atoms with Crippen LogP contribution in [0.4, 0.5) is 0 Å². The number of amides is 2. The fourth-order valence-electron chi connectivity index (χ4n) is 3.27. The highest BCUT2D eigenvalue weighted by Gasteiger charge is 2.38. The first-order chi connectivity index (χ1) is 13.5. The number of hydrogen-bond acceptors (Lipinski definition) is 4. The zero-order chi connectivity index (χ0) is 20.1. The topological polar surface area (TPSA) is 93.4 Å². The average molecular weight is 398 g/mol. The molecule has 0 spiro atoms. The molecular weight excluding hydrogens is 378 g/mol. The smallest absolute Gasteiger partial charge is 0.243 e. The van der Waals surface area contributed by atoms with E-state index in [0.29, 0.717) is 22.7 Å². The number of β-amino-alcohol motifs (C(OH)–C–C–N with tert-alkyl or cyclic N) is 1. The Morgan fingerprint density at radius 1 is 1.21 bits per heavy atom. The molecule has 0 aliphatic carbocycles. The van der Waals surface area contributed by atoms with Gasteiger partial charge in [-0.2, -0.15) is 5.26 Å². The van der Waals surface area contributed by atoms with E-state index in [1.165, 1.54) is 4.90 Å². The normalized spacial score (nSPS) is 18.5. The molecule has 6 nitrogen and oxygen atoms in total. The van der Waals surface area contributed by atoms with Crippen LogP contribution in [-0.2, 0) is 22.6 Å². The molecule has 0 radical (unpaired) electrons. The number of likely N-dealkylation sites (tertiary alicyclic amines) is 1. The molecule has 0 bridgehead atoms. The molecule has 1 fully saturated rings. The second-order valence-corrected chi connectivity index (χ2v) is 7.22. The largest absolute Gasteiger partial charge is 0.391 e. The Morgan fingerprint density at radius 3 is 2.68 bits per heavy atom. The van der Waals surface area contributed by atoms with Gasteiger partial charge in [-0.3, -0.25) is 9.59 Å². The Balaban J connectivity index is 1.64. The van der Waals surface area contributed by atoms with E-state index in [1.807, 2.05) is 18.2 Å². The van der Waals surface area contributed by atoms with Crippen LogP contribution in [0.2, 0.25) is 5.02 Å². The summed E-state index contributed by atoms with van der Waals surface area (Å²) in [6, 6.07) is 15.3. The molecule has 2 aromatic rings. The number of nitrogens with one attached hydrogen (secondary N) is 1.